The fraction of sp³-hybridized carbons (Fsp3) is 0.615. The molecule has 0 bridgehead atoms. The van der Waals surface area contributed by atoms with Crippen molar-refractivity contribution in [2.45, 2.75) is 38.6 Å². The molecule has 2 N–H and O–H groups in total. The van der Waals surface area contributed by atoms with Gasteiger partial charge in [-0.05, 0) is 44.4 Å². The third-order valence-electron chi connectivity index (χ3n) is 3.77. The van der Waals surface area contributed by atoms with Crippen LogP contribution in [-0.4, -0.2) is 27.1 Å². The van der Waals surface area contributed by atoms with Gasteiger partial charge in [0, 0.05) is 12.2 Å². The molecule has 0 aromatic carbocycles. The van der Waals surface area contributed by atoms with Crippen LogP contribution in [0.4, 0.5) is 5.95 Å². The average molecular weight is 247 g/mol. The Kier molecular flexibility index (Phi) is 2.69. The lowest BCUT2D eigenvalue weighted by atomic mass is 10.1. The zero-order valence-electron chi connectivity index (χ0n) is 10.4. The van der Waals surface area contributed by atoms with Crippen LogP contribution in [0, 0.1) is 18.8 Å². The van der Waals surface area contributed by atoms with Gasteiger partial charge in [0.05, 0.1) is 11.3 Å². The monoisotopic (exact) mass is 247 g/mol. The van der Waals surface area contributed by atoms with Crippen molar-refractivity contribution in [2.75, 3.05) is 5.32 Å². The van der Waals surface area contributed by atoms with Crippen LogP contribution in [0.3, 0.4) is 0 Å². The molecule has 96 valence electrons. The third kappa shape index (κ3) is 2.30. The summed E-state index contributed by atoms with van der Waals surface area (Å²) in [4.78, 5) is 19.3. The number of carboxylic acid groups (broad SMARTS) is 1. The Morgan fingerprint density at radius 2 is 2.00 bits per heavy atom. The molecule has 3 rings (SSSR count). The first-order chi connectivity index (χ1) is 8.65. The predicted octanol–water partition coefficient (Wildman–Crippen LogP) is 2.08. The molecule has 5 nitrogen and oxygen atoms in total. The van der Waals surface area contributed by atoms with E-state index in [2.05, 4.69) is 15.3 Å². The molecule has 2 fully saturated rings. The Morgan fingerprint density at radius 1 is 1.39 bits per heavy atom. The number of carboxylic acids is 1. The van der Waals surface area contributed by atoms with Crippen molar-refractivity contribution >= 4 is 11.9 Å². The molecule has 18 heavy (non-hydrogen) atoms. The molecule has 2 saturated carbocycles. The second-order valence-corrected chi connectivity index (χ2v) is 5.34. The molecular formula is C13H17N3O2. The topological polar surface area (TPSA) is 75.1 Å². The van der Waals surface area contributed by atoms with Gasteiger partial charge in [0.2, 0.25) is 5.95 Å². The molecular weight excluding hydrogens is 230 g/mol. The Labute approximate surface area is 106 Å². The number of hydrogen-bond acceptors (Lipinski definition) is 4. The first kappa shape index (κ1) is 11.4. The van der Waals surface area contributed by atoms with E-state index >= 15 is 0 Å². The fourth-order valence-corrected chi connectivity index (χ4v) is 2.43. The van der Waals surface area contributed by atoms with Gasteiger partial charge in [-0.25, -0.2) is 14.8 Å². The normalized spacial score (nSPS) is 19.0. The lowest BCUT2D eigenvalue weighted by molar-refractivity contribution is 0.0695. The first-order valence-electron chi connectivity index (χ1n) is 6.48. The third-order valence-corrected chi connectivity index (χ3v) is 3.77. The van der Waals surface area contributed by atoms with Crippen molar-refractivity contribution in [3.63, 3.8) is 0 Å². The van der Waals surface area contributed by atoms with E-state index in [-0.39, 0.29) is 5.56 Å². The number of hydrogen-bond donors (Lipinski definition) is 2. The molecule has 0 unspecified atom stereocenters. The van der Waals surface area contributed by atoms with Crippen molar-refractivity contribution in [2.24, 2.45) is 11.8 Å². The molecule has 2 aliphatic rings. The summed E-state index contributed by atoms with van der Waals surface area (Å²) >= 11 is 0. The maximum Gasteiger partial charge on any atom is 0.339 e. The highest BCUT2D eigenvalue weighted by Crippen LogP contribution is 2.45. The Bertz CT molecular complexity index is 469. The van der Waals surface area contributed by atoms with Crippen LogP contribution in [0.25, 0.3) is 0 Å². The van der Waals surface area contributed by atoms with Gasteiger partial charge in [-0.15, -0.1) is 0 Å². The fourth-order valence-electron chi connectivity index (χ4n) is 2.43. The van der Waals surface area contributed by atoms with E-state index in [9.17, 15) is 4.79 Å². The number of anilines is 1. The molecule has 0 amide bonds. The second kappa shape index (κ2) is 4.23. The molecule has 0 radical (unpaired) electrons. The lowest BCUT2D eigenvalue weighted by Gasteiger charge is -2.17. The zero-order chi connectivity index (χ0) is 12.7. The van der Waals surface area contributed by atoms with Crippen LogP contribution in [0.1, 0.15) is 41.7 Å². The van der Waals surface area contributed by atoms with Crippen molar-refractivity contribution in [1.82, 2.24) is 9.97 Å². The van der Waals surface area contributed by atoms with Gasteiger partial charge < -0.3 is 10.4 Å². The number of aromatic nitrogens is 2. The summed E-state index contributed by atoms with van der Waals surface area (Å²) in [7, 11) is 0. The summed E-state index contributed by atoms with van der Waals surface area (Å²) in [5.74, 6) is 1.13. The van der Waals surface area contributed by atoms with E-state index in [4.69, 9.17) is 5.11 Å². The molecule has 0 aliphatic heterocycles. The summed E-state index contributed by atoms with van der Waals surface area (Å²) in [6.07, 6.45) is 6.56. The molecule has 2 aliphatic carbocycles. The van der Waals surface area contributed by atoms with E-state index in [0.717, 1.165) is 11.8 Å². The molecule has 0 spiro atoms. The minimum atomic E-state index is -0.972. The maximum atomic E-state index is 10.9. The van der Waals surface area contributed by atoms with E-state index in [1.54, 1.807) is 6.92 Å². The van der Waals surface area contributed by atoms with Crippen LogP contribution in [-0.2, 0) is 0 Å². The standard InChI is InChI=1S/C13H17N3O2/c1-7-10(12(17)18)6-14-13(15-7)16-11(8-2-3-8)9-4-5-9/h6,8-9,11H,2-5H2,1H3,(H,17,18)(H,14,15,16). The van der Waals surface area contributed by atoms with Crippen LogP contribution < -0.4 is 5.32 Å². The Balaban J connectivity index is 1.75. The molecule has 0 saturated heterocycles. The van der Waals surface area contributed by atoms with Crippen molar-refractivity contribution in [1.29, 1.82) is 0 Å². The van der Waals surface area contributed by atoms with Crippen molar-refractivity contribution < 1.29 is 9.90 Å². The van der Waals surface area contributed by atoms with Crippen LogP contribution in [0.15, 0.2) is 6.20 Å². The number of nitrogens with one attached hydrogen (secondary N) is 1. The maximum absolute atomic E-state index is 10.9. The highest BCUT2D eigenvalue weighted by Gasteiger charge is 2.41. The number of carbonyl (C=O) groups is 1. The van der Waals surface area contributed by atoms with Gasteiger partial charge in [-0.2, -0.15) is 0 Å². The molecule has 0 atom stereocenters. The Morgan fingerprint density at radius 3 is 2.44 bits per heavy atom. The summed E-state index contributed by atoms with van der Waals surface area (Å²) in [6, 6.07) is 0.486. The second-order valence-electron chi connectivity index (χ2n) is 5.34. The van der Waals surface area contributed by atoms with Gasteiger partial charge >= 0.3 is 5.97 Å². The number of aryl methyl sites for hydroxylation is 1. The van der Waals surface area contributed by atoms with E-state index < -0.39 is 5.97 Å². The van der Waals surface area contributed by atoms with Gasteiger partial charge in [0.15, 0.2) is 0 Å². The molecule has 1 heterocycles. The van der Waals surface area contributed by atoms with E-state index in [1.165, 1.54) is 31.9 Å². The molecule has 1 aromatic heterocycles. The molecule has 5 heteroatoms. The van der Waals surface area contributed by atoms with Gasteiger partial charge in [-0.1, -0.05) is 0 Å². The average Bonchev–Trinajstić information content (AvgIpc) is 3.17. The minimum absolute atomic E-state index is 0.176. The predicted molar refractivity (Wildman–Crippen MR) is 66.6 cm³/mol. The SMILES string of the molecule is Cc1nc(NC(C2CC2)C2CC2)ncc1C(=O)O. The zero-order valence-corrected chi connectivity index (χ0v) is 10.4. The number of aromatic carboxylic acids is 1. The van der Waals surface area contributed by atoms with Crippen LogP contribution in [0.5, 0.6) is 0 Å². The highest BCUT2D eigenvalue weighted by molar-refractivity contribution is 5.88. The summed E-state index contributed by atoms with van der Waals surface area (Å²) in [5.41, 5.74) is 0.695. The van der Waals surface area contributed by atoms with Crippen molar-refractivity contribution in [3.05, 3.63) is 17.5 Å². The van der Waals surface area contributed by atoms with Crippen molar-refractivity contribution in [3.8, 4) is 0 Å². The van der Waals surface area contributed by atoms with Crippen LogP contribution in [0.2, 0.25) is 0 Å². The van der Waals surface area contributed by atoms with Crippen LogP contribution >= 0.6 is 0 Å². The lowest BCUT2D eigenvalue weighted by Crippen LogP contribution is -2.25. The summed E-state index contributed by atoms with van der Waals surface area (Å²) in [5, 5.41) is 12.3. The molecule has 1 aromatic rings. The Hall–Kier alpha value is -1.65. The number of nitrogens with zero attached hydrogens (tertiary/aromatic N) is 2. The largest absolute Gasteiger partial charge is 0.478 e. The van der Waals surface area contributed by atoms with Gasteiger partial charge in [-0.3, -0.25) is 0 Å². The smallest absolute Gasteiger partial charge is 0.339 e. The first-order valence-corrected chi connectivity index (χ1v) is 6.48. The quantitative estimate of drug-likeness (QED) is 0.833. The highest BCUT2D eigenvalue weighted by atomic mass is 16.4. The summed E-state index contributed by atoms with van der Waals surface area (Å²) in [6.45, 7) is 1.71. The van der Waals surface area contributed by atoms with Gasteiger partial charge in [0.1, 0.15) is 0 Å². The van der Waals surface area contributed by atoms with Gasteiger partial charge in [0.25, 0.3) is 0 Å². The van der Waals surface area contributed by atoms with E-state index in [0.29, 0.717) is 17.7 Å². The number of rotatable bonds is 5. The van der Waals surface area contributed by atoms with E-state index in [1.807, 2.05) is 0 Å². The minimum Gasteiger partial charge on any atom is -0.478 e. The summed E-state index contributed by atoms with van der Waals surface area (Å²) < 4.78 is 0.